The van der Waals surface area contributed by atoms with Crippen LogP contribution in [0.25, 0.3) is 0 Å². The van der Waals surface area contributed by atoms with E-state index in [1.165, 1.54) is 22.5 Å². The third kappa shape index (κ3) is 4.99. The molecule has 0 spiro atoms. The van der Waals surface area contributed by atoms with Crippen LogP contribution in [0.5, 0.6) is 0 Å². The number of rotatable bonds is 6. The van der Waals surface area contributed by atoms with Crippen molar-refractivity contribution in [2.45, 2.75) is 36.1 Å². The average molecular weight is 392 g/mol. The van der Waals surface area contributed by atoms with Crippen LogP contribution in [-0.4, -0.2) is 59.5 Å². The minimum atomic E-state index is -3.86. The summed E-state index contributed by atoms with van der Waals surface area (Å²) < 4.78 is 59.5. The molecule has 2 rings (SSSR count). The highest BCUT2D eigenvalue weighted by Gasteiger charge is 2.29. The molecule has 0 unspecified atom stereocenters. The summed E-state index contributed by atoms with van der Waals surface area (Å²) in [6, 6.07) is 4.08. The highest BCUT2D eigenvalue weighted by atomic mass is 32.2. The molecule has 1 aromatic rings. The van der Waals surface area contributed by atoms with E-state index in [4.69, 9.17) is 10.5 Å². The number of nitrogens with zero attached hydrogens (tertiary/aromatic N) is 1. The normalized spacial score (nSPS) is 17.6. The molecule has 1 heterocycles. The van der Waals surface area contributed by atoms with Gasteiger partial charge in [-0.1, -0.05) is 6.07 Å². The lowest BCUT2D eigenvalue weighted by molar-refractivity contribution is 0.0730. The molecule has 0 amide bonds. The Balaban J connectivity index is 2.37. The molecule has 0 bridgehead atoms. The first-order valence-electron chi connectivity index (χ1n) is 7.91. The number of ether oxygens (including phenoxy) is 1. The quantitative estimate of drug-likeness (QED) is 0.706. The third-order valence-electron chi connectivity index (χ3n) is 3.78. The molecule has 0 atom stereocenters. The Kier molecular flexibility index (Phi) is 5.92. The first-order valence-corrected chi connectivity index (χ1v) is 10.8. The molecular formula is C15H25N3O5S2. The summed E-state index contributed by atoms with van der Waals surface area (Å²) in [5, 5.41) is 0. The van der Waals surface area contributed by atoms with Crippen molar-refractivity contribution in [3.63, 3.8) is 0 Å². The molecule has 1 aromatic carbocycles. The number of morpholine rings is 1. The minimum Gasteiger partial charge on any atom is -0.379 e. The van der Waals surface area contributed by atoms with Gasteiger partial charge >= 0.3 is 0 Å². The van der Waals surface area contributed by atoms with E-state index in [1.54, 1.807) is 20.8 Å². The van der Waals surface area contributed by atoms with Gasteiger partial charge in [-0.15, -0.1) is 0 Å². The topological polar surface area (TPSA) is 119 Å². The van der Waals surface area contributed by atoms with Crippen LogP contribution in [0.1, 0.15) is 19.4 Å². The largest absolute Gasteiger partial charge is 0.379 e. The second kappa shape index (κ2) is 7.29. The zero-order chi connectivity index (χ0) is 18.9. The maximum Gasteiger partial charge on any atom is 0.243 e. The Morgan fingerprint density at radius 2 is 1.80 bits per heavy atom. The van der Waals surface area contributed by atoms with Gasteiger partial charge in [0.15, 0.2) is 0 Å². The smallest absolute Gasteiger partial charge is 0.243 e. The fourth-order valence-corrected chi connectivity index (χ4v) is 5.30. The molecule has 1 aliphatic rings. The molecule has 1 saturated heterocycles. The predicted octanol–water partition coefficient (Wildman–Crippen LogP) is 0.0315. The lowest BCUT2D eigenvalue weighted by Crippen LogP contribution is -2.45. The van der Waals surface area contributed by atoms with Gasteiger partial charge in [-0.2, -0.15) is 4.31 Å². The van der Waals surface area contributed by atoms with Crippen molar-refractivity contribution in [3.8, 4) is 0 Å². The van der Waals surface area contributed by atoms with Crippen LogP contribution in [0.2, 0.25) is 0 Å². The number of nitrogens with two attached hydrogens (primary N) is 1. The first-order chi connectivity index (χ1) is 11.4. The van der Waals surface area contributed by atoms with Gasteiger partial charge in [0, 0.05) is 25.2 Å². The van der Waals surface area contributed by atoms with Gasteiger partial charge in [0.1, 0.15) is 0 Å². The lowest BCUT2D eigenvalue weighted by atomic mass is 10.1. The minimum absolute atomic E-state index is 0.00992. The molecule has 1 fully saturated rings. The van der Waals surface area contributed by atoms with Gasteiger partial charge in [-0.3, -0.25) is 0 Å². The molecule has 3 N–H and O–H groups in total. The molecule has 142 valence electrons. The Labute approximate surface area is 149 Å². The van der Waals surface area contributed by atoms with Crippen molar-refractivity contribution < 1.29 is 21.6 Å². The summed E-state index contributed by atoms with van der Waals surface area (Å²) in [6.45, 7) is 6.20. The molecule has 0 aliphatic carbocycles. The summed E-state index contributed by atoms with van der Waals surface area (Å²) in [5.41, 5.74) is 5.57. The SMILES string of the molecule is Cc1ccc(S(=O)(=O)NCC(C)(C)N)cc1S(=O)(=O)N1CCOCC1. The van der Waals surface area contributed by atoms with Crippen molar-refractivity contribution in [1.82, 2.24) is 9.03 Å². The molecule has 10 heteroatoms. The highest BCUT2D eigenvalue weighted by Crippen LogP contribution is 2.24. The van der Waals surface area contributed by atoms with E-state index < -0.39 is 25.6 Å². The van der Waals surface area contributed by atoms with Gasteiger partial charge in [-0.05, 0) is 38.5 Å². The first kappa shape index (κ1) is 20.3. The summed E-state index contributed by atoms with van der Waals surface area (Å²) in [6.07, 6.45) is 0. The predicted molar refractivity (Wildman–Crippen MR) is 94.2 cm³/mol. The van der Waals surface area contributed by atoms with Gasteiger partial charge < -0.3 is 10.5 Å². The fourth-order valence-electron chi connectivity index (χ4n) is 2.32. The van der Waals surface area contributed by atoms with Crippen LogP contribution in [-0.2, 0) is 24.8 Å². The molecule has 0 aromatic heterocycles. The third-order valence-corrected chi connectivity index (χ3v) is 7.22. The van der Waals surface area contributed by atoms with E-state index in [9.17, 15) is 16.8 Å². The van der Waals surface area contributed by atoms with Crippen molar-refractivity contribution in [2.75, 3.05) is 32.8 Å². The van der Waals surface area contributed by atoms with Crippen LogP contribution >= 0.6 is 0 Å². The number of hydrogen-bond donors (Lipinski definition) is 2. The van der Waals surface area contributed by atoms with E-state index in [1.807, 2.05) is 0 Å². The number of benzene rings is 1. The van der Waals surface area contributed by atoms with Crippen molar-refractivity contribution in [2.24, 2.45) is 5.73 Å². The van der Waals surface area contributed by atoms with Crippen molar-refractivity contribution >= 4 is 20.0 Å². The summed E-state index contributed by atoms with van der Waals surface area (Å²) in [5.74, 6) is 0. The zero-order valence-corrected chi connectivity index (χ0v) is 16.3. The number of aryl methyl sites for hydroxylation is 1. The average Bonchev–Trinajstić information content (AvgIpc) is 2.53. The second-order valence-electron chi connectivity index (χ2n) is 6.76. The molecule has 25 heavy (non-hydrogen) atoms. The van der Waals surface area contributed by atoms with E-state index in [0.29, 0.717) is 18.8 Å². The maximum absolute atomic E-state index is 12.8. The standard InChI is InChI=1S/C15H25N3O5S2/c1-12-4-5-13(24(19,20)17-11-15(2,3)16)10-14(12)25(21,22)18-6-8-23-9-7-18/h4-5,10,17H,6-9,11,16H2,1-3H3. The van der Waals surface area contributed by atoms with Crippen LogP contribution in [0.15, 0.2) is 28.0 Å². The van der Waals surface area contributed by atoms with Crippen molar-refractivity contribution in [3.05, 3.63) is 23.8 Å². The van der Waals surface area contributed by atoms with Crippen LogP contribution in [0.4, 0.5) is 0 Å². The fraction of sp³-hybridized carbons (Fsp3) is 0.600. The van der Waals surface area contributed by atoms with Gasteiger partial charge in [0.25, 0.3) is 0 Å². The molecular weight excluding hydrogens is 366 g/mol. The van der Waals surface area contributed by atoms with Crippen LogP contribution < -0.4 is 10.5 Å². The molecule has 1 aliphatic heterocycles. The van der Waals surface area contributed by atoms with E-state index in [2.05, 4.69) is 4.72 Å². The molecule has 8 nitrogen and oxygen atoms in total. The Bertz CT molecular complexity index is 823. The number of sulfonamides is 2. The van der Waals surface area contributed by atoms with E-state index >= 15 is 0 Å². The Morgan fingerprint density at radius 3 is 2.36 bits per heavy atom. The summed E-state index contributed by atoms with van der Waals surface area (Å²) in [4.78, 5) is -0.113. The number of hydrogen-bond acceptors (Lipinski definition) is 6. The van der Waals surface area contributed by atoms with Crippen LogP contribution in [0, 0.1) is 6.92 Å². The van der Waals surface area contributed by atoms with E-state index in [-0.39, 0.29) is 29.4 Å². The van der Waals surface area contributed by atoms with Gasteiger partial charge in [-0.25, -0.2) is 21.6 Å². The molecule has 0 radical (unpaired) electrons. The van der Waals surface area contributed by atoms with Gasteiger partial charge in [0.05, 0.1) is 23.0 Å². The Hall–Kier alpha value is -1.04. The van der Waals surface area contributed by atoms with Gasteiger partial charge in [0.2, 0.25) is 20.0 Å². The number of nitrogens with one attached hydrogen (secondary N) is 1. The summed E-state index contributed by atoms with van der Waals surface area (Å²) in [7, 11) is -7.64. The highest BCUT2D eigenvalue weighted by molar-refractivity contribution is 7.90. The van der Waals surface area contributed by atoms with Crippen molar-refractivity contribution in [1.29, 1.82) is 0 Å². The lowest BCUT2D eigenvalue weighted by Gasteiger charge is -2.27. The summed E-state index contributed by atoms with van der Waals surface area (Å²) >= 11 is 0. The second-order valence-corrected chi connectivity index (χ2v) is 10.4. The Morgan fingerprint density at radius 1 is 1.20 bits per heavy atom. The zero-order valence-electron chi connectivity index (χ0n) is 14.6. The maximum atomic E-state index is 12.8. The monoisotopic (exact) mass is 391 g/mol. The molecule has 0 saturated carbocycles. The van der Waals surface area contributed by atoms with E-state index in [0.717, 1.165) is 0 Å². The van der Waals surface area contributed by atoms with Crippen LogP contribution in [0.3, 0.4) is 0 Å².